The summed E-state index contributed by atoms with van der Waals surface area (Å²) < 4.78 is 8.63. The molecule has 0 saturated heterocycles. The van der Waals surface area contributed by atoms with Gasteiger partial charge in [-0.05, 0) is 37.3 Å². The average Bonchev–Trinajstić information content (AvgIpc) is 2.81. The highest BCUT2D eigenvalue weighted by Crippen LogP contribution is 2.27. The van der Waals surface area contributed by atoms with E-state index in [1.807, 2.05) is 37.3 Å². The number of aromatic nitrogens is 3. The molecule has 0 spiro atoms. The summed E-state index contributed by atoms with van der Waals surface area (Å²) in [5.74, 6) is 0.761. The molecule has 0 unspecified atom stereocenters. The summed E-state index contributed by atoms with van der Waals surface area (Å²) in [6.45, 7) is 3.33. The van der Waals surface area contributed by atoms with Gasteiger partial charge in [0, 0.05) is 18.8 Å². The van der Waals surface area contributed by atoms with Crippen molar-refractivity contribution in [3.05, 3.63) is 46.5 Å². The van der Waals surface area contributed by atoms with Gasteiger partial charge in [0.05, 0.1) is 18.5 Å². The van der Waals surface area contributed by atoms with Crippen LogP contribution in [-0.4, -0.2) is 27.8 Å². The Labute approximate surface area is 127 Å². The number of nitrogens with zero attached hydrogens (tertiary/aromatic N) is 3. The van der Waals surface area contributed by atoms with Crippen LogP contribution in [-0.2, 0) is 6.54 Å². The van der Waals surface area contributed by atoms with Crippen LogP contribution in [0.4, 0.5) is 5.69 Å². The molecule has 1 aliphatic heterocycles. The van der Waals surface area contributed by atoms with E-state index in [2.05, 4.69) is 10.3 Å². The van der Waals surface area contributed by atoms with E-state index in [-0.39, 0.29) is 5.69 Å². The van der Waals surface area contributed by atoms with E-state index in [9.17, 15) is 4.79 Å². The topological polar surface area (TPSA) is 61.1 Å². The Morgan fingerprint density at radius 1 is 1.27 bits per heavy atom. The molecule has 0 saturated carbocycles. The maximum Gasteiger partial charge on any atom is 0.335 e. The second-order valence-corrected chi connectivity index (χ2v) is 5.38. The van der Waals surface area contributed by atoms with Gasteiger partial charge < -0.3 is 10.1 Å². The number of rotatable bonds is 2. The second-order valence-electron chi connectivity index (χ2n) is 5.38. The fraction of sp³-hybridized carbons (Fsp3) is 0.250. The molecule has 0 amide bonds. The highest BCUT2D eigenvalue weighted by atomic mass is 16.5. The molecule has 0 fully saturated rings. The second kappa shape index (κ2) is 4.62. The lowest BCUT2D eigenvalue weighted by molar-refractivity contribution is 0.414. The molecule has 1 aromatic carbocycles. The highest BCUT2D eigenvalue weighted by Gasteiger charge is 2.21. The summed E-state index contributed by atoms with van der Waals surface area (Å²) in [7, 11) is 1.62. The molecule has 3 heterocycles. The third-order valence-electron chi connectivity index (χ3n) is 3.99. The van der Waals surface area contributed by atoms with Crippen molar-refractivity contribution in [2.24, 2.45) is 0 Å². The van der Waals surface area contributed by atoms with Crippen molar-refractivity contribution >= 4 is 16.9 Å². The molecule has 112 valence electrons. The third kappa shape index (κ3) is 1.73. The molecule has 6 heteroatoms. The van der Waals surface area contributed by atoms with Gasteiger partial charge >= 0.3 is 5.69 Å². The molecule has 0 bridgehead atoms. The fourth-order valence-corrected chi connectivity index (χ4v) is 2.99. The summed E-state index contributed by atoms with van der Waals surface area (Å²) in [5, 5.41) is 3.34. The molecule has 22 heavy (non-hydrogen) atoms. The number of imidazole rings is 1. The molecule has 1 aliphatic rings. The number of hydrogen-bond donors (Lipinski definition) is 1. The minimum absolute atomic E-state index is 0.0546. The van der Waals surface area contributed by atoms with E-state index in [4.69, 9.17) is 4.74 Å². The molecule has 6 nitrogen and oxygen atoms in total. The first kappa shape index (κ1) is 12.9. The minimum atomic E-state index is -0.0546. The molecule has 0 radical (unpaired) electrons. The van der Waals surface area contributed by atoms with Crippen molar-refractivity contribution in [2.75, 3.05) is 19.0 Å². The van der Waals surface area contributed by atoms with Crippen molar-refractivity contribution < 1.29 is 4.74 Å². The van der Waals surface area contributed by atoms with Crippen molar-refractivity contribution in [1.29, 1.82) is 0 Å². The Bertz CT molecular complexity index is 922. The Morgan fingerprint density at radius 2 is 2.05 bits per heavy atom. The van der Waals surface area contributed by atoms with Gasteiger partial charge in [-0.2, -0.15) is 0 Å². The summed E-state index contributed by atoms with van der Waals surface area (Å²) in [5.41, 5.74) is 4.16. The zero-order valence-electron chi connectivity index (χ0n) is 12.5. The van der Waals surface area contributed by atoms with Gasteiger partial charge in [0.1, 0.15) is 11.3 Å². The minimum Gasteiger partial charge on any atom is -0.497 e. The van der Waals surface area contributed by atoms with Crippen LogP contribution in [0.3, 0.4) is 0 Å². The van der Waals surface area contributed by atoms with E-state index in [0.29, 0.717) is 12.2 Å². The van der Waals surface area contributed by atoms with Crippen LogP contribution in [0, 0.1) is 6.92 Å². The summed E-state index contributed by atoms with van der Waals surface area (Å²) in [6.07, 6.45) is 0. The van der Waals surface area contributed by atoms with Gasteiger partial charge in [0.15, 0.2) is 5.65 Å². The maximum absolute atomic E-state index is 12.8. The Balaban J connectivity index is 2.05. The number of ether oxygens (including phenoxy) is 1. The summed E-state index contributed by atoms with van der Waals surface area (Å²) in [6, 6.07) is 9.42. The van der Waals surface area contributed by atoms with E-state index >= 15 is 0 Å². The number of methoxy groups -OCH3 is 1. The van der Waals surface area contributed by atoms with Crippen LogP contribution in [0.2, 0.25) is 0 Å². The zero-order chi connectivity index (χ0) is 15.3. The first-order chi connectivity index (χ1) is 10.7. The summed E-state index contributed by atoms with van der Waals surface area (Å²) >= 11 is 0. The van der Waals surface area contributed by atoms with E-state index in [1.165, 1.54) is 0 Å². The smallest absolute Gasteiger partial charge is 0.335 e. The number of pyridine rings is 1. The number of benzene rings is 1. The van der Waals surface area contributed by atoms with Gasteiger partial charge in [-0.25, -0.2) is 14.3 Å². The SMILES string of the molecule is COc1ccc(-n2c(=O)n3c4c(cc(C)nc42)NCC3)cc1. The predicted octanol–water partition coefficient (Wildman–Crippen LogP) is 1.93. The lowest BCUT2D eigenvalue weighted by Gasteiger charge is -2.15. The number of hydrogen-bond acceptors (Lipinski definition) is 4. The monoisotopic (exact) mass is 296 g/mol. The first-order valence-electron chi connectivity index (χ1n) is 7.20. The number of nitrogens with one attached hydrogen (secondary N) is 1. The average molecular weight is 296 g/mol. The molecule has 4 rings (SSSR count). The van der Waals surface area contributed by atoms with Crippen molar-refractivity contribution in [2.45, 2.75) is 13.5 Å². The van der Waals surface area contributed by atoms with Crippen LogP contribution in [0.15, 0.2) is 35.1 Å². The zero-order valence-corrected chi connectivity index (χ0v) is 12.5. The molecular weight excluding hydrogens is 280 g/mol. The first-order valence-corrected chi connectivity index (χ1v) is 7.20. The van der Waals surface area contributed by atoms with Gasteiger partial charge in [-0.1, -0.05) is 0 Å². The van der Waals surface area contributed by atoms with E-state index < -0.39 is 0 Å². The Morgan fingerprint density at radius 3 is 2.77 bits per heavy atom. The molecule has 0 atom stereocenters. The Hall–Kier alpha value is -2.76. The Kier molecular flexibility index (Phi) is 2.72. The third-order valence-corrected chi connectivity index (χ3v) is 3.99. The highest BCUT2D eigenvalue weighted by molar-refractivity contribution is 5.88. The lowest BCUT2D eigenvalue weighted by atomic mass is 10.2. The van der Waals surface area contributed by atoms with Crippen molar-refractivity contribution in [1.82, 2.24) is 14.1 Å². The van der Waals surface area contributed by atoms with E-state index in [0.717, 1.165) is 34.9 Å². The van der Waals surface area contributed by atoms with Crippen LogP contribution >= 0.6 is 0 Å². The van der Waals surface area contributed by atoms with Gasteiger partial charge in [-0.15, -0.1) is 0 Å². The van der Waals surface area contributed by atoms with Gasteiger partial charge in [0.25, 0.3) is 0 Å². The largest absolute Gasteiger partial charge is 0.497 e. The van der Waals surface area contributed by atoms with Crippen LogP contribution < -0.4 is 15.7 Å². The lowest BCUT2D eigenvalue weighted by Crippen LogP contribution is -2.28. The van der Waals surface area contributed by atoms with Crippen LogP contribution in [0.25, 0.3) is 16.9 Å². The molecule has 2 aromatic heterocycles. The fourth-order valence-electron chi connectivity index (χ4n) is 2.99. The molecular formula is C16H16N4O2. The van der Waals surface area contributed by atoms with Crippen molar-refractivity contribution in [3.8, 4) is 11.4 Å². The number of aryl methyl sites for hydroxylation is 1. The maximum atomic E-state index is 12.8. The molecule has 1 N–H and O–H groups in total. The molecule has 3 aromatic rings. The quantitative estimate of drug-likeness (QED) is 0.785. The van der Waals surface area contributed by atoms with E-state index in [1.54, 1.807) is 16.2 Å². The van der Waals surface area contributed by atoms with Crippen LogP contribution in [0.1, 0.15) is 5.69 Å². The normalized spacial score (nSPS) is 13.2. The number of anilines is 1. The van der Waals surface area contributed by atoms with Gasteiger partial charge in [-0.3, -0.25) is 4.57 Å². The predicted molar refractivity (Wildman–Crippen MR) is 85.1 cm³/mol. The van der Waals surface area contributed by atoms with Crippen LogP contribution in [0.5, 0.6) is 5.75 Å². The van der Waals surface area contributed by atoms with Crippen molar-refractivity contribution in [3.63, 3.8) is 0 Å². The standard InChI is InChI=1S/C16H16N4O2/c1-10-9-13-14-15(18-10)20(16(21)19(14)8-7-17-13)11-3-5-12(22-2)6-4-11/h3-6,9,17H,7-8H2,1-2H3. The molecule has 0 aliphatic carbocycles. The summed E-state index contributed by atoms with van der Waals surface area (Å²) in [4.78, 5) is 17.4. The van der Waals surface area contributed by atoms with Gasteiger partial charge in [0.2, 0.25) is 0 Å².